The molecule has 0 aromatic heterocycles. The zero-order chi connectivity index (χ0) is 14.1. The number of hydrogen-bond acceptors (Lipinski definition) is 2. The first-order chi connectivity index (χ1) is 9.65. The maximum absolute atomic E-state index is 12.6. The highest BCUT2D eigenvalue weighted by Gasteiger charge is 2.17. The molecule has 0 fully saturated rings. The molecule has 0 aliphatic carbocycles. The van der Waals surface area contributed by atoms with Crippen LogP contribution in [0, 0.1) is 6.92 Å². The van der Waals surface area contributed by atoms with Crippen molar-refractivity contribution in [1.29, 1.82) is 0 Å². The van der Waals surface area contributed by atoms with E-state index in [4.69, 9.17) is 0 Å². The fourth-order valence-corrected chi connectivity index (χ4v) is 2.57. The van der Waals surface area contributed by atoms with Gasteiger partial charge in [0.1, 0.15) is 0 Å². The minimum atomic E-state index is 0.0205. The number of carbonyl (C=O) groups is 1. The molecule has 0 atom stereocenters. The molecule has 0 bridgehead atoms. The Morgan fingerprint density at radius 3 is 2.85 bits per heavy atom. The van der Waals surface area contributed by atoms with E-state index in [9.17, 15) is 4.79 Å². The summed E-state index contributed by atoms with van der Waals surface area (Å²) in [5.41, 5.74) is 5.18. The van der Waals surface area contributed by atoms with Crippen molar-refractivity contribution in [3.05, 3.63) is 59.2 Å². The minimum Gasteiger partial charge on any atom is -0.384 e. The Bertz CT molecular complexity index is 664. The van der Waals surface area contributed by atoms with Crippen LogP contribution in [0.5, 0.6) is 0 Å². The van der Waals surface area contributed by atoms with Crippen LogP contribution in [-0.2, 0) is 6.42 Å². The summed E-state index contributed by atoms with van der Waals surface area (Å²) in [4.78, 5) is 14.3. The standard InChI is InChI=1S/C17H18N2O/c1-12-4-3-5-15(10-12)19(2)17(20)14-7-6-13-8-9-18-16(13)11-14/h3-7,10-11,18H,8-9H2,1-2H3. The van der Waals surface area contributed by atoms with Gasteiger partial charge in [-0.25, -0.2) is 0 Å². The summed E-state index contributed by atoms with van der Waals surface area (Å²) in [6, 6.07) is 13.9. The van der Waals surface area contributed by atoms with Crippen LogP contribution in [0.1, 0.15) is 21.5 Å². The number of rotatable bonds is 2. The molecule has 0 radical (unpaired) electrons. The van der Waals surface area contributed by atoms with Gasteiger partial charge >= 0.3 is 0 Å². The van der Waals surface area contributed by atoms with Crippen molar-refractivity contribution in [2.45, 2.75) is 13.3 Å². The van der Waals surface area contributed by atoms with Gasteiger partial charge in [0.05, 0.1) is 0 Å². The number of carbonyl (C=O) groups excluding carboxylic acids is 1. The molecule has 0 saturated heterocycles. The molecule has 0 saturated carbocycles. The predicted octanol–water partition coefficient (Wildman–Crippen LogP) is 3.24. The van der Waals surface area contributed by atoms with E-state index >= 15 is 0 Å². The predicted molar refractivity (Wildman–Crippen MR) is 82.5 cm³/mol. The number of anilines is 2. The second-order valence-electron chi connectivity index (χ2n) is 5.25. The number of hydrogen-bond donors (Lipinski definition) is 1. The number of nitrogens with one attached hydrogen (secondary N) is 1. The Morgan fingerprint density at radius 2 is 2.05 bits per heavy atom. The molecule has 3 rings (SSSR count). The fourth-order valence-electron chi connectivity index (χ4n) is 2.57. The summed E-state index contributed by atoms with van der Waals surface area (Å²) in [7, 11) is 1.82. The molecule has 0 spiro atoms. The van der Waals surface area contributed by atoms with Crippen molar-refractivity contribution in [3.8, 4) is 0 Å². The maximum atomic E-state index is 12.6. The number of nitrogens with zero attached hydrogens (tertiary/aromatic N) is 1. The summed E-state index contributed by atoms with van der Waals surface area (Å²) in [5, 5.41) is 3.31. The van der Waals surface area contributed by atoms with Crippen LogP contribution in [0.15, 0.2) is 42.5 Å². The summed E-state index contributed by atoms with van der Waals surface area (Å²) >= 11 is 0. The van der Waals surface area contributed by atoms with Gasteiger partial charge in [0, 0.05) is 30.5 Å². The van der Waals surface area contributed by atoms with Crippen LogP contribution in [-0.4, -0.2) is 19.5 Å². The second kappa shape index (κ2) is 5.00. The van der Waals surface area contributed by atoms with E-state index < -0.39 is 0 Å². The average Bonchev–Trinajstić information content (AvgIpc) is 2.93. The first kappa shape index (κ1) is 12.7. The van der Waals surface area contributed by atoms with Crippen LogP contribution in [0.3, 0.4) is 0 Å². The smallest absolute Gasteiger partial charge is 0.258 e. The molecule has 20 heavy (non-hydrogen) atoms. The lowest BCUT2D eigenvalue weighted by atomic mass is 10.1. The normalized spacial score (nSPS) is 12.7. The van der Waals surface area contributed by atoms with Gasteiger partial charge in [-0.15, -0.1) is 0 Å². The lowest BCUT2D eigenvalue weighted by molar-refractivity contribution is 0.0993. The molecule has 2 aromatic carbocycles. The Morgan fingerprint density at radius 1 is 1.20 bits per heavy atom. The zero-order valence-electron chi connectivity index (χ0n) is 11.8. The highest BCUT2D eigenvalue weighted by Crippen LogP contribution is 2.25. The number of benzene rings is 2. The molecule has 1 aliphatic heterocycles. The second-order valence-corrected chi connectivity index (χ2v) is 5.25. The fraction of sp³-hybridized carbons (Fsp3) is 0.235. The number of fused-ring (bicyclic) bond motifs is 1. The molecule has 2 aromatic rings. The Hall–Kier alpha value is -2.29. The molecule has 1 aliphatic rings. The van der Waals surface area contributed by atoms with Crippen LogP contribution < -0.4 is 10.2 Å². The number of aryl methyl sites for hydroxylation is 1. The first-order valence-electron chi connectivity index (χ1n) is 6.87. The van der Waals surface area contributed by atoms with Crippen molar-refractivity contribution in [1.82, 2.24) is 0 Å². The SMILES string of the molecule is Cc1cccc(N(C)C(=O)c2ccc3c(c2)NCC3)c1. The van der Waals surface area contributed by atoms with E-state index in [1.165, 1.54) is 5.56 Å². The van der Waals surface area contributed by atoms with Gasteiger partial charge in [-0.1, -0.05) is 18.2 Å². The summed E-state index contributed by atoms with van der Waals surface area (Å²) < 4.78 is 0. The van der Waals surface area contributed by atoms with E-state index in [-0.39, 0.29) is 5.91 Å². The van der Waals surface area contributed by atoms with Gasteiger partial charge in [-0.2, -0.15) is 0 Å². The van der Waals surface area contributed by atoms with E-state index in [0.29, 0.717) is 0 Å². The van der Waals surface area contributed by atoms with Gasteiger partial charge < -0.3 is 10.2 Å². The Balaban J connectivity index is 1.88. The maximum Gasteiger partial charge on any atom is 0.258 e. The molecule has 1 N–H and O–H groups in total. The van der Waals surface area contributed by atoms with Crippen LogP contribution in [0.4, 0.5) is 11.4 Å². The van der Waals surface area contributed by atoms with E-state index in [2.05, 4.69) is 5.32 Å². The summed E-state index contributed by atoms with van der Waals surface area (Å²) in [5.74, 6) is 0.0205. The van der Waals surface area contributed by atoms with Gasteiger partial charge in [-0.05, 0) is 48.7 Å². The third-order valence-corrected chi connectivity index (χ3v) is 3.76. The molecule has 3 heteroatoms. The highest BCUT2D eigenvalue weighted by atomic mass is 16.2. The molecule has 102 valence electrons. The minimum absolute atomic E-state index is 0.0205. The van der Waals surface area contributed by atoms with E-state index in [1.54, 1.807) is 4.90 Å². The first-order valence-corrected chi connectivity index (χ1v) is 6.87. The van der Waals surface area contributed by atoms with Crippen molar-refractivity contribution in [2.24, 2.45) is 0 Å². The van der Waals surface area contributed by atoms with Gasteiger partial charge in [0.15, 0.2) is 0 Å². The molecule has 3 nitrogen and oxygen atoms in total. The lowest BCUT2D eigenvalue weighted by Gasteiger charge is -2.18. The molecule has 1 amide bonds. The lowest BCUT2D eigenvalue weighted by Crippen LogP contribution is -2.26. The van der Waals surface area contributed by atoms with Gasteiger partial charge in [0.2, 0.25) is 0 Å². The molecule has 1 heterocycles. The summed E-state index contributed by atoms with van der Waals surface area (Å²) in [6.07, 6.45) is 1.04. The van der Waals surface area contributed by atoms with Crippen molar-refractivity contribution in [2.75, 3.05) is 23.8 Å². The Kier molecular flexibility index (Phi) is 3.18. The van der Waals surface area contributed by atoms with Gasteiger partial charge in [-0.3, -0.25) is 4.79 Å². The summed E-state index contributed by atoms with van der Waals surface area (Å²) in [6.45, 7) is 2.99. The monoisotopic (exact) mass is 266 g/mol. The largest absolute Gasteiger partial charge is 0.384 e. The third-order valence-electron chi connectivity index (χ3n) is 3.76. The molecular formula is C17H18N2O. The van der Waals surface area contributed by atoms with E-state index in [0.717, 1.165) is 35.5 Å². The average molecular weight is 266 g/mol. The van der Waals surface area contributed by atoms with E-state index in [1.807, 2.05) is 56.4 Å². The molecule has 0 unspecified atom stereocenters. The quantitative estimate of drug-likeness (QED) is 0.905. The zero-order valence-corrected chi connectivity index (χ0v) is 11.8. The van der Waals surface area contributed by atoms with Gasteiger partial charge in [0.25, 0.3) is 5.91 Å². The van der Waals surface area contributed by atoms with Crippen molar-refractivity contribution >= 4 is 17.3 Å². The Labute approximate surface area is 119 Å². The topological polar surface area (TPSA) is 32.3 Å². The van der Waals surface area contributed by atoms with Crippen molar-refractivity contribution < 1.29 is 4.79 Å². The highest BCUT2D eigenvalue weighted by molar-refractivity contribution is 6.06. The van der Waals surface area contributed by atoms with Crippen LogP contribution >= 0.6 is 0 Å². The number of amides is 1. The molecular weight excluding hydrogens is 248 g/mol. The van der Waals surface area contributed by atoms with Crippen LogP contribution in [0.25, 0.3) is 0 Å². The third kappa shape index (κ3) is 2.27. The van der Waals surface area contributed by atoms with Crippen LogP contribution in [0.2, 0.25) is 0 Å². The van der Waals surface area contributed by atoms with Crippen molar-refractivity contribution in [3.63, 3.8) is 0 Å².